The van der Waals surface area contributed by atoms with E-state index in [1.165, 1.54) is 77.0 Å². The van der Waals surface area contributed by atoms with Gasteiger partial charge in [0.05, 0.1) is 6.07 Å². The van der Waals surface area contributed by atoms with E-state index in [0.29, 0.717) is 0 Å². The van der Waals surface area contributed by atoms with Crippen LogP contribution in [0.25, 0.3) is 0 Å². The number of nitrogens with zero attached hydrogens (tertiary/aromatic N) is 2. The maximum absolute atomic E-state index is 8.98. The lowest BCUT2D eigenvalue weighted by Crippen LogP contribution is -2.23. The summed E-state index contributed by atoms with van der Waals surface area (Å²) >= 11 is 1.78. The van der Waals surface area contributed by atoms with Gasteiger partial charge in [-0.05, 0) is 26.3 Å². The lowest BCUT2D eigenvalue weighted by molar-refractivity contribution is 0.433. The normalized spacial score (nSPS) is 12.0. The van der Waals surface area contributed by atoms with Crippen LogP contribution in [0.2, 0.25) is 0 Å². The van der Waals surface area contributed by atoms with E-state index in [-0.39, 0.29) is 17.8 Å². The van der Waals surface area contributed by atoms with Gasteiger partial charge in [-0.25, -0.2) is 0 Å². The summed E-state index contributed by atoms with van der Waals surface area (Å²) in [6.07, 6.45) is 16.7. The molecule has 0 bridgehead atoms. The minimum atomic E-state index is 0. The molecule has 0 amide bonds. The summed E-state index contributed by atoms with van der Waals surface area (Å²) in [4.78, 5) is 1.99. The summed E-state index contributed by atoms with van der Waals surface area (Å²) in [5.74, 6) is 1.12. The van der Waals surface area contributed by atoms with Gasteiger partial charge in [0, 0.05) is 0 Å². The molecule has 0 aromatic carbocycles. The first-order valence-electron chi connectivity index (χ1n) is 8.90. The molecule has 2 nitrogen and oxygen atoms in total. The summed E-state index contributed by atoms with van der Waals surface area (Å²) in [5, 5.41) is 9.00. The van der Waals surface area contributed by atoms with Gasteiger partial charge >= 0.3 is 0 Å². The predicted octanol–water partition coefficient (Wildman–Crippen LogP) is 6.25. The quantitative estimate of drug-likeness (QED) is 0.258. The van der Waals surface area contributed by atoms with Gasteiger partial charge in [0.2, 0.25) is 0 Å². The van der Waals surface area contributed by atoms with E-state index in [1.807, 2.05) is 19.0 Å². The monoisotopic (exact) mass is 348 g/mol. The molecule has 0 N–H and O–H groups in total. The van der Waals surface area contributed by atoms with Crippen LogP contribution >= 0.6 is 24.2 Å². The highest BCUT2D eigenvalue weighted by molar-refractivity contribution is 8.00. The number of hydrogen-bond acceptors (Lipinski definition) is 3. The molecule has 0 aliphatic heterocycles. The molecule has 0 spiro atoms. The number of nitriles is 1. The van der Waals surface area contributed by atoms with Crippen LogP contribution in [0.5, 0.6) is 0 Å². The minimum absolute atomic E-state index is 0. The Kier molecular flexibility index (Phi) is 21.2. The van der Waals surface area contributed by atoms with E-state index in [9.17, 15) is 0 Å². The molecular formula is C18H37ClN2S. The second-order valence-corrected chi connectivity index (χ2v) is 7.39. The fourth-order valence-electron chi connectivity index (χ4n) is 2.44. The lowest BCUT2D eigenvalue weighted by atomic mass is 10.1. The molecular weight excluding hydrogens is 312 g/mol. The molecule has 4 heteroatoms. The highest BCUT2D eigenvalue weighted by Crippen LogP contribution is 2.16. The molecule has 22 heavy (non-hydrogen) atoms. The highest BCUT2D eigenvalue weighted by Gasteiger charge is 2.08. The van der Waals surface area contributed by atoms with Crippen molar-refractivity contribution in [3.63, 3.8) is 0 Å². The van der Waals surface area contributed by atoms with Gasteiger partial charge in [-0.15, -0.1) is 24.2 Å². The third-order valence-electron chi connectivity index (χ3n) is 3.85. The Bertz CT molecular complexity index is 254. The maximum atomic E-state index is 8.98. The van der Waals surface area contributed by atoms with E-state index in [4.69, 9.17) is 5.26 Å². The lowest BCUT2D eigenvalue weighted by Gasteiger charge is -2.15. The average molecular weight is 349 g/mol. The van der Waals surface area contributed by atoms with Crippen molar-refractivity contribution in [2.75, 3.05) is 19.8 Å². The van der Waals surface area contributed by atoms with Gasteiger partial charge in [0.25, 0.3) is 0 Å². The van der Waals surface area contributed by atoms with Crippen LogP contribution in [-0.2, 0) is 0 Å². The fraction of sp³-hybridized carbons (Fsp3) is 0.944. The minimum Gasteiger partial charge on any atom is -0.286 e. The molecule has 132 valence electrons. The largest absolute Gasteiger partial charge is 0.286 e. The van der Waals surface area contributed by atoms with Gasteiger partial charge in [0.15, 0.2) is 0 Å². The number of halogens is 1. The van der Waals surface area contributed by atoms with Crippen LogP contribution in [0.1, 0.15) is 84.0 Å². The molecule has 0 saturated heterocycles. The Hall–Kier alpha value is 0.0900. The smallest absolute Gasteiger partial charge is 0.144 e. The van der Waals surface area contributed by atoms with E-state index in [2.05, 4.69) is 13.0 Å². The summed E-state index contributed by atoms with van der Waals surface area (Å²) in [6.45, 7) is 2.28. The Morgan fingerprint density at radius 2 is 1.23 bits per heavy atom. The topological polar surface area (TPSA) is 27.0 Å². The summed E-state index contributed by atoms with van der Waals surface area (Å²) in [5.41, 5.74) is 0. The van der Waals surface area contributed by atoms with Crippen molar-refractivity contribution in [2.24, 2.45) is 0 Å². The van der Waals surface area contributed by atoms with E-state index in [0.717, 1.165) is 5.75 Å². The molecule has 0 aromatic heterocycles. The van der Waals surface area contributed by atoms with Gasteiger partial charge in [-0.1, -0.05) is 77.6 Å². The highest BCUT2D eigenvalue weighted by atomic mass is 35.5. The zero-order valence-electron chi connectivity index (χ0n) is 15.0. The first kappa shape index (κ1) is 24.3. The van der Waals surface area contributed by atoms with E-state index >= 15 is 0 Å². The molecule has 0 aliphatic rings. The van der Waals surface area contributed by atoms with Crippen LogP contribution in [0.15, 0.2) is 0 Å². The second kappa shape index (κ2) is 19.1. The van der Waals surface area contributed by atoms with Gasteiger partial charge in [0.1, 0.15) is 5.37 Å². The van der Waals surface area contributed by atoms with Gasteiger partial charge in [-0.3, -0.25) is 4.90 Å². The standard InChI is InChI=1S/C18H36N2S.ClH/c1-4-5-6-7-8-9-10-11-12-13-14-15-16-21-18(17-19)20(2)3;/h18H,4-16H2,1-3H3;1H. The molecule has 0 aromatic rings. The molecule has 0 saturated carbocycles. The molecule has 0 aliphatic carbocycles. The SMILES string of the molecule is CCCCCCCCCCCCCCSC(C#N)N(C)C.Cl. The summed E-state index contributed by atoms with van der Waals surface area (Å²) in [7, 11) is 3.95. The number of unbranched alkanes of at least 4 members (excludes halogenated alkanes) is 11. The van der Waals surface area contributed by atoms with Crippen molar-refractivity contribution in [3.05, 3.63) is 0 Å². The van der Waals surface area contributed by atoms with Crippen molar-refractivity contribution in [2.45, 2.75) is 89.3 Å². The van der Waals surface area contributed by atoms with E-state index in [1.54, 1.807) is 11.8 Å². The molecule has 0 rings (SSSR count). The molecule has 0 fully saturated rings. The number of thioether (sulfide) groups is 1. The van der Waals surface area contributed by atoms with Crippen molar-refractivity contribution in [1.82, 2.24) is 4.90 Å². The Morgan fingerprint density at radius 3 is 1.59 bits per heavy atom. The van der Waals surface area contributed by atoms with Gasteiger partial charge < -0.3 is 0 Å². The fourth-order valence-corrected chi connectivity index (χ4v) is 3.41. The Morgan fingerprint density at radius 1 is 0.818 bits per heavy atom. The molecule has 1 unspecified atom stereocenters. The average Bonchev–Trinajstić information content (AvgIpc) is 2.47. The van der Waals surface area contributed by atoms with Gasteiger partial charge in [-0.2, -0.15) is 5.26 Å². The van der Waals surface area contributed by atoms with Crippen LogP contribution < -0.4 is 0 Å². The van der Waals surface area contributed by atoms with Crippen molar-refractivity contribution in [3.8, 4) is 6.07 Å². The predicted molar refractivity (Wildman–Crippen MR) is 104 cm³/mol. The summed E-state index contributed by atoms with van der Waals surface area (Å²) in [6, 6.07) is 2.33. The zero-order chi connectivity index (χ0) is 15.8. The van der Waals surface area contributed by atoms with Crippen LogP contribution in [0, 0.1) is 11.3 Å². The summed E-state index contributed by atoms with van der Waals surface area (Å²) < 4.78 is 0. The van der Waals surface area contributed by atoms with Crippen molar-refractivity contribution in [1.29, 1.82) is 5.26 Å². The van der Waals surface area contributed by atoms with Crippen LogP contribution in [0.3, 0.4) is 0 Å². The van der Waals surface area contributed by atoms with Crippen LogP contribution in [-0.4, -0.2) is 30.1 Å². The first-order chi connectivity index (χ1) is 10.2. The maximum Gasteiger partial charge on any atom is 0.144 e. The number of rotatable bonds is 15. The van der Waals surface area contributed by atoms with Crippen molar-refractivity contribution < 1.29 is 0 Å². The Labute approximate surface area is 149 Å². The third-order valence-corrected chi connectivity index (χ3v) is 5.22. The van der Waals surface area contributed by atoms with Crippen molar-refractivity contribution >= 4 is 24.2 Å². The first-order valence-corrected chi connectivity index (χ1v) is 9.95. The molecule has 1 atom stereocenters. The molecule has 0 heterocycles. The Balaban J connectivity index is 0. The third kappa shape index (κ3) is 16.5. The second-order valence-electron chi connectivity index (χ2n) is 6.20. The zero-order valence-corrected chi connectivity index (χ0v) is 16.6. The van der Waals surface area contributed by atoms with E-state index < -0.39 is 0 Å². The molecule has 0 radical (unpaired) electrons. The number of hydrogen-bond donors (Lipinski definition) is 0. The van der Waals surface area contributed by atoms with Crippen LogP contribution in [0.4, 0.5) is 0 Å².